The van der Waals surface area contributed by atoms with Gasteiger partial charge in [0.15, 0.2) is 5.69 Å². The molecule has 12 heteroatoms. The average Bonchev–Trinajstić information content (AvgIpc) is 3.60. The van der Waals surface area contributed by atoms with Crippen molar-refractivity contribution in [2.24, 2.45) is 0 Å². The number of carbonyl (C=O) groups is 3. The first-order chi connectivity index (χ1) is 20.4. The van der Waals surface area contributed by atoms with Crippen molar-refractivity contribution >= 4 is 53.3 Å². The number of amides is 2. The topological polar surface area (TPSA) is 128 Å². The lowest BCUT2D eigenvalue weighted by Gasteiger charge is -2.32. The van der Waals surface area contributed by atoms with E-state index in [0.717, 1.165) is 40.8 Å². The second-order valence-corrected chi connectivity index (χ2v) is 11.4. The molecule has 0 bridgehead atoms. The van der Waals surface area contributed by atoms with E-state index < -0.39 is 0 Å². The first kappa shape index (κ1) is 29.6. The number of H-pyrrole nitrogens is 1. The van der Waals surface area contributed by atoms with Crippen molar-refractivity contribution in [3.05, 3.63) is 110 Å². The first-order valence-electron chi connectivity index (χ1n) is 13.1. The normalized spacial score (nSPS) is 17.0. The van der Waals surface area contributed by atoms with Gasteiger partial charge in [0, 0.05) is 17.7 Å². The highest BCUT2D eigenvalue weighted by Crippen LogP contribution is 2.42. The molecule has 3 N–H and O–H groups in total. The van der Waals surface area contributed by atoms with Crippen LogP contribution in [0.25, 0.3) is 0 Å². The molecule has 0 saturated carbocycles. The van der Waals surface area contributed by atoms with Crippen LogP contribution in [0.4, 0.5) is 0 Å². The van der Waals surface area contributed by atoms with Crippen molar-refractivity contribution in [3.8, 4) is 0 Å². The SMILES string of the molecule is CSc1ncccc1C(=O)N1Cc2[nH]nc(C(=O)N[C@H]3CC[C@@H](c4ccc(Cl)c(Cl)c4)c4ccccc43)c2C1.O=CO. The summed E-state index contributed by atoms with van der Waals surface area (Å²) in [6, 6.07) is 17.4. The van der Waals surface area contributed by atoms with Crippen LogP contribution in [0.1, 0.15) is 73.6 Å². The summed E-state index contributed by atoms with van der Waals surface area (Å²) in [5.74, 6) is -0.198. The minimum absolute atomic E-state index is 0.113. The van der Waals surface area contributed by atoms with Gasteiger partial charge in [-0.05, 0) is 60.1 Å². The summed E-state index contributed by atoms with van der Waals surface area (Å²) in [7, 11) is 0. The summed E-state index contributed by atoms with van der Waals surface area (Å²) in [6.07, 6.45) is 5.19. The van der Waals surface area contributed by atoms with Crippen LogP contribution in [-0.4, -0.2) is 49.7 Å². The quantitative estimate of drug-likeness (QED) is 0.181. The monoisotopic (exact) mass is 623 g/mol. The molecule has 1 aliphatic carbocycles. The second kappa shape index (κ2) is 13.0. The molecule has 2 amide bonds. The maximum absolute atomic E-state index is 13.5. The number of hydrogen-bond donors (Lipinski definition) is 3. The Morgan fingerprint density at radius 3 is 2.57 bits per heavy atom. The van der Waals surface area contributed by atoms with Crippen LogP contribution in [0, 0.1) is 0 Å². The van der Waals surface area contributed by atoms with Crippen molar-refractivity contribution in [1.82, 2.24) is 25.4 Å². The molecule has 1 aliphatic heterocycles. The summed E-state index contributed by atoms with van der Waals surface area (Å²) in [5, 5.41) is 19.2. The van der Waals surface area contributed by atoms with Gasteiger partial charge in [-0.3, -0.25) is 19.5 Å². The van der Waals surface area contributed by atoms with Gasteiger partial charge in [0.25, 0.3) is 18.3 Å². The third kappa shape index (κ3) is 5.88. The van der Waals surface area contributed by atoms with E-state index in [0.29, 0.717) is 39.4 Å². The Bertz CT molecular complexity index is 1650. The van der Waals surface area contributed by atoms with Crippen molar-refractivity contribution in [2.75, 3.05) is 6.26 Å². The zero-order chi connectivity index (χ0) is 29.8. The Labute approximate surface area is 256 Å². The molecule has 2 aliphatic rings. The molecule has 216 valence electrons. The number of benzene rings is 2. The van der Waals surface area contributed by atoms with E-state index in [1.54, 1.807) is 23.2 Å². The Hall–Kier alpha value is -3.86. The highest BCUT2D eigenvalue weighted by Gasteiger charge is 2.34. The molecule has 2 aromatic heterocycles. The summed E-state index contributed by atoms with van der Waals surface area (Å²) >= 11 is 13.9. The highest BCUT2D eigenvalue weighted by molar-refractivity contribution is 7.98. The maximum atomic E-state index is 13.5. The predicted octanol–water partition coefficient (Wildman–Crippen LogP) is 6.09. The second-order valence-electron chi connectivity index (χ2n) is 9.81. The fourth-order valence-electron chi connectivity index (χ4n) is 5.60. The van der Waals surface area contributed by atoms with E-state index in [1.165, 1.54) is 11.8 Å². The van der Waals surface area contributed by atoms with Crippen molar-refractivity contribution in [1.29, 1.82) is 0 Å². The summed E-state index contributed by atoms with van der Waals surface area (Å²) in [4.78, 5) is 41.1. The molecule has 4 aromatic rings. The Morgan fingerprint density at radius 1 is 1.07 bits per heavy atom. The smallest absolute Gasteiger partial charge is 0.290 e. The molecule has 6 rings (SSSR count). The van der Waals surface area contributed by atoms with Gasteiger partial charge >= 0.3 is 0 Å². The molecule has 0 spiro atoms. The maximum Gasteiger partial charge on any atom is 0.290 e. The van der Waals surface area contributed by atoms with Crippen LogP contribution in [0.5, 0.6) is 0 Å². The lowest BCUT2D eigenvalue weighted by molar-refractivity contribution is -0.122. The lowest BCUT2D eigenvalue weighted by atomic mass is 9.76. The third-order valence-corrected chi connectivity index (χ3v) is 8.94. The molecular weight excluding hydrogens is 597 g/mol. The van der Waals surface area contributed by atoms with Gasteiger partial charge in [-0.2, -0.15) is 5.10 Å². The average molecular weight is 625 g/mol. The Morgan fingerprint density at radius 2 is 1.83 bits per heavy atom. The van der Waals surface area contributed by atoms with Gasteiger partial charge in [0.2, 0.25) is 0 Å². The molecule has 0 unspecified atom stereocenters. The molecule has 3 heterocycles. The first-order valence-corrected chi connectivity index (χ1v) is 15.1. The number of rotatable bonds is 5. The van der Waals surface area contributed by atoms with Crippen molar-refractivity contribution in [2.45, 2.75) is 42.9 Å². The van der Waals surface area contributed by atoms with Gasteiger partial charge in [-0.15, -0.1) is 11.8 Å². The number of hydrogen-bond acceptors (Lipinski definition) is 6. The number of carbonyl (C=O) groups excluding carboxylic acids is 2. The molecule has 0 saturated heterocycles. The van der Waals surface area contributed by atoms with Crippen LogP contribution in [0.2, 0.25) is 10.0 Å². The van der Waals surface area contributed by atoms with E-state index in [1.807, 2.05) is 36.6 Å². The number of carboxylic acid groups (broad SMARTS) is 1. The minimum atomic E-state index is -0.250. The van der Waals surface area contributed by atoms with Crippen LogP contribution >= 0.6 is 35.0 Å². The Balaban J connectivity index is 0.00000113. The van der Waals surface area contributed by atoms with Gasteiger partial charge in [0.05, 0.1) is 40.4 Å². The molecule has 42 heavy (non-hydrogen) atoms. The van der Waals surface area contributed by atoms with Crippen LogP contribution < -0.4 is 5.32 Å². The Kier molecular flexibility index (Phi) is 9.15. The zero-order valence-corrected chi connectivity index (χ0v) is 24.8. The summed E-state index contributed by atoms with van der Waals surface area (Å²) in [5.41, 5.74) is 5.79. The van der Waals surface area contributed by atoms with E-state index in [-0.39, 0.29) is 30.2 Å². The van der Waals surface area contributed by atoms with Crippen LogP contribution in [0.15, 0.2) is 65.8 Å². The third-order valence-electron chi connectivity index (χ3n) is 7.49. The number of aromatic nitrogens is 3. The summed E-state index contributed by atoms with van der Waals surface area (Å²) < 4.78 is 0. The minimum Gasteiger partial charge on any atom is -0.483 e. The molecule has 2 atom stereocenters. The predicted molar refractivity (Wildman–Crippen MR) is 161 cm³/mol. The van der Waals surface area contributed by atoms with E-state index in [9.17, 15) is 9.59 Å². The number of thioether (sulfide) groups is 1. The van der Waals surface area contributed by atoms with Gasteiger partial charge in [-0.1, -0.05) is 53.5 Å². The standard InChI is InChI=1S/C29H25Cl2N5O2S.CH2O2/c1-39-28-20(7-4-12-32-28)29(38)36-14-21-25(15-36)34-35-26(21)27(37)33-24-11-9-17(18-5-2-3-6-19(18)24)16-8-10-22(30)23(31)13-16;2-1-3/h2-8,10,12-13,17,24H,9,11,14-15H2,1H3,(H,33,37)(H,34,35);1H,(H,2,3)/t17-,24-;/m0./s1. The number of halogens is 2. The number of pyridine rings is 1. The number of nitrogens with one attached hydrogen (secondary N) is 2. The highest BCUT2D eigenvalue weighted by atomic mass is 35.5. The molecule has 0 fully saturated rings. The largest absolute Gasteiger partial charge is 0.483 e. The number of aromatic amines is 1. The van der Waals surface area contributed by atoms with Gasteiger partial charge < -0.3 is 15.3 Å². The molecule has 0 radical (unpaired) electrons. The van der Waals surface area contributed by atoms with Crippen molar-refractivity contribution < 1.29 is 19.5 Å². The van der Waals surface area contributed by atoms with E-state index >= 15 is 0 Å². The lowest BCUT2D eigenvalue weighted by Crippen LogP contribution is -2.33. The van der Waals surface area contributed by atoms with E-state index in [4.69, 9.17) is 33.1 Å². The number of nitrogens with zero attached hydrogens (tertiary/aromatic N) is 3. The fourth-order valence-corrected chi connectivity index (χ4v) is 6.45. The van der Waals surface area contributed by atoms with Gasteiger partial charge in [-0.25, -0.2) is 4.98 Å². The fraction of sp³-hybridized carbons (Fsp3) is 0.233. The van der Waals surface area contributed by atoms with E-state index in [2.05, 4.69) is 32.6 Å². The zero-order valence-electron chi connectivity index (χ0n) is 22.5. The molecular formula is C30H27Cl2N5O4S. The number of fused-ring (bicyclic) bond motifs is 2. The molecule has 9 nitrogen and oxygen atoms in total. The summed E-state index contributed by atoms with van der Waals surface area (Å²) in [6.45, 7) is 0.436. The van der Waals surface area contributed by atoms with Crippen molar-refractivity contribution in [3.63, 3.8) is 0 Å². The van der Waals surface area contributed by atoms with Crippen LogP contribution in [0.3, 0.4) is 0 Å². The molecule has 2 aromatic carbocycles. The van der Waals surface area contributed by atoms with Gasteiger partial charge in [0.1, 0.15) is 5.03 Å². The van der Waals surface area contributed by atoms with Crippen LogP contribution in [-0.2, 0) is 17.9 Å².